The topological polar surface area (TPSA) is 20.2 Å². The molecule has 1 aromatic carbocycles. The SMILES string of the molecule is O[PH3]Cc1ccccc1. The predicted molar refractivity (Wildman–Crippen MR) is 43.5 cm³/mol. The Kier molecular flexibility index (Phi) is 2.69. The van der Waals surface area contributed by atoms with Crippen LogP contribution < -0.4 is 0 Å². The molecule has 0 spiro atoms. The van der Waals surface area contributed by atoms with E-state index >= 15 is 0 Å². The van der Waals surface area contributed by atoms with Crippen LogP contribution >= 0.6 is 8.81 Å². The van der Waals surface area contributed by atoms with Crippen molar-refractivity contribution in [3.05, 3.63) is 35.9 Å². The third kappa shape index (κ3) is 2.13. The molecule has 0 aliphatic carbocycles. The molecule has 0 atom stereocenters. The van der Waals surface area contributed by atoms with Crippen LogP contribution in [0.2, 0.25) is 0 Å². The number of rotatable bonds is 2. The molecule has 0 aliphatic rings. The average molecular weight is 142 g/mol. The van der Waals surface area contributed by atoms with Crippen molar-refractivity contribution in [3.8, 4) is 0 Å². The molecule has 0 saturated heterocycles. The first kappa shape index (κ1) is 6.73. The van der Waals surface area contributed by atoms with Gasteiger partial charge in [0.15, 0.2) is 0 Å². The van der Waals surface area contributed by atoms with Crippen LogP contribution in [-0.2, 0) is 6.16 Å². The van der Waals surface area contributed by atoms with E-state index in [1.165, 1.54) is 5.56 Å². The molecule has 0 radical (unpaired) electrons. The standard InChI is InChI=1S/C7H11OP/c8-9-6-7-4-2-1-3-5-7/h1-5,8H,6H2,9H3. The Morgan fingerprint density at radius 1 is 1.22 bits per heavy atom. The van der Waals surface area contributed by atoms with Gasteiger partial charge in [-0.15, -0.1) is 0 Å². The number of hydrogen-bond donors (Lipinski definition) is 1. The second-order valence-electron chi connectivity index (χ2n) is 1.96. The molecule has 2 heteroatoms. The molecule has 0 bridgehead atoms. The monoisotopic (exact) mass is 142 g/mol. The molecule has 0 unspecified atom stereocenters. The molecule has 1 aromatic rings. The van der Waals surface area contributed by atoms with E-state index in [1.807, 2.05) is 30.3 Å². The summed E-state index contributed by atoms with van der Waals surface area (Å²) in [4.78, 5) is 8.66. The van der Waals surface area contributed by atoms with E-state index in [0.717, 1.165) is 6.16 Å². The van der Waals surface area contributed by atoms with E-state index in [2.05, 4.69) is 0 Å². The zero-order chi connectivity index (χ0) is 6.53. The van der Waals surface area contributed by atoms with Crippen LogP contribution in [0.1, 0.15) is 5.56 Å². The summed E-state index contributed by atoms with van der Waals surface area (Å²) in [5, 5.41) is 0. The van der Waals surface area contributed by atoms with Crippen LogP contribution in [0.3, 0.4) is 0 Å². The zero-order valence-electron chi connectivity index (χ0n) is 5.25. The van der Waals surface area contributed by atoms with E-state index in [0.29, 0.717) is 0 Å². The van der Waals surface area contributed by atoms with Gasteiger partial charge in [-0.3, -0.25) is 0 Å². The fraction of sp³-hybridized carbons (Fsp3) is 0.143. The molecule has 9 heavy (non-hydrogen) atoms. The van der Waals surface area contributed by atoms with Gasteiger partial charge in [0.1, 0.15) is 0 Å². The van der Waals surface area contributed by atoms with E-state index in [-0.39, 0.29) is 0 Å². The number of benzene rings is 1. The second-order valence-corrected chi connectivity index (χ2v) is 2.91. The molecule has 1 rings (SSSR count). The third-order valence-electron chi connectivity index (χ3n) is 1.24. The Morgan fingerprint density at radius 2 is 1.89 bits per heavy atom. The van der Waals surface area contributed by atoms with Crippen LogP contribution in [0.4, 0.5) is 0 Å². The van der Waals surface area contributed by atoms with Gasteiger partial charge < -0.3 is 0 Å². The van der Waals surface area contributed by atoms with Crippen molar-refractivity contribution >= 4 is 8.81 Å². The van der Waals surface area contributed by atoms with Crippen molar-refractivity contribution in [1.82, 2.24) is 0 Å². The van der Waals surface area contributed by atoms with Crippen molar-refractivity contribution in [1.29, 1.82) is 0 Å². The van der Waals surface area contributed by atoms with Gasteiger partial charge in [0.25, 0.3) is 0 Å². The fourth-order valence-electron chi connectivity index (χ4n) is 0.774. The molecule has 50 valence electrons. The summed E-state index contributed by atoms with van der Waals surface area (Å²) in [6.07, 6.45) is 0.904. The first-order valence-corrected chi connectivity index (χ1v) is 4.71. The molecule has 0 aliphatic heterocycles. The maximum absolute atomic E-state index is 8.66. The van der Waals surface area contributed by atoms with Gasteiger partial charge >= 0.3 is 55.8 Å². The van der Waals surface area contributed by atoms with Gasteiger partial charge in [0.2, 0.25) is 0 Å². The maximum atomic E-state index is 8.66. The Labute approximate surface area is 56.6 Å². The van der Waals surface area contributed by atoms with Gasteiger partial charge in [0.05, 0.1) is 0 Å². The summed E-state index contributed by atoms with van der Waals surface area (Å²) in [6.45, 7) is 0. The van der Waals surface area contributed by atoms with Crippen molar-refractivity contribution in [3.63, 3.8) is 0 Å². The van der Waals surface area contributed by atoms with Crippen LogP contribution in [0.25, 0.3) is 0 Å². The van der Waals surface area contributed by atoms with Gasteiger partial charge in [-0.25, -0.2) is 0 Å². The summed E-state index contributed by atoms with van der Waals surface area (Å²) < 4.78 is 0. The molecular formula is C7H11OP. The van der Waals surface area contributed by atoms with Gasteiger partial charge in [-0.2, -0.15) is 0 Å². The predicted octanol–water partition coefficient (Wildman–Crippen LogP) is 1.24. The van der Waals surface area contributed by atoms with Crippen molar-refractivity contribution < 1.29 is 4.89 Å². The molecule has 1 nitrogen and oxygen atoms in total. The summed E-state index contributed by atoms with van der Waals surface area (Å²) in [5.74, 6) is 0. The Bertz CT molecular complexity index is 162. The molecular weight excluding hydrogens is 131 g/mol. The molecule has 1 N–H and O–H groups in total. The van der Waals surface area contributed by atoms with Crippen LogP contribution in [0.5, 0.6) is 0 Å². The third-order valence-corrected chi connectivity index (χ3v) is 2.04. The molecule has 0 fully saturated rings. The first-order chi connectivity index (χ1) is 4.43. The summed E-state index contributed by atoms with van der Waals surface area (Å²) >= 11 is 0. The second kappa shape index (κ2) is 3.60. The van der Waals surface area contributed by atoms with E-state index in [4.69, 9.17) is 4.89 Å². The molecule has 0 saturated carbocycles. The van der Waals surface area contributed by atoms with Crippen LogP contribution in [0, 0.1) is 0 Å². The Balaban J connectivity index is 2.61. The van der Waals surface area contributed by atoms with Crippen molar-refractivity contribution in [2.75, 3.05) is 0 Å². The van der Waals surface area contributed by atoms with Gasteiger partial charge in [0, 0.05) is 0 Å². The summed E-state index contributed by atoms with van der Waals surface area (Å²) in [6, 6.07) is 10.1. The quantitative estimate of drug-likeness (QED) is 0.616. The summed E-state index contributed by atoms with van der Waals surface area (Å²) in [7, 11) is -0.784. The van der Waals surface area contributed by atoms with Crippen molar-refractivity contribution in [2.24, 2.45) is 0 Å². The zero-order valence-corrected chi connectivity index (χ0v) is 6.66. The van der Waals surface area contributed by atoms with E-state index < -0.39 is 8.81 Å². The minimum absolute atomic E-state index is 0.784. The molecule has 0 amide bonds. The normalized spacial score (nSPS) is 9.89. The van der Waals surface area contributed by atoms with Crippen LogP contribution in [0.15, 0.2) is 30.3 Å². The van der Waals surface area contributed by atoms with Gasteiger partial charge in [-0.05, 0) is 0 Å². The average Bonchev–Trinajstić information content (AvgIpc) is 1.91. The minimum atomic E-state index is -0.784. The number of hydrogen-bond acceptors (Lipinski definition) is 1. The van der Waals surface area contributed by atoms with E-state index in [1.54, 1.807) is 0 Å². The molecule has 0 heterocycles. The van der Waals surface area contributed by atoms with Gasteiger partial charge in [-0.1, -0.05) is 0 Å². The van der Waals surface area contributed by atoms with Crippen LogP contribution in [-0.4, -0.2) is 4.89 Å². The fourth-order valence-corrected chi connectivity index (χ4v) is 1.37. The first-order valence-electron chi connectivity index (χ1n) is 3.08. The van der Waals surface area contributed by atoms with E-state index in [9.17, 15) is 0 Å². The molecule has 0 aromatic heterocycles. The Morgan fingerprint density at radius 3 is 2.44 bits per heavy atom. The Hall–Kier alpha value is -0.390. The van der Waals surface area contributed by atoms with Crippen molar-refractivity contribution in [2.45, 2.75) is 6.16 Å². The summed E-state index contributed by atoms with van der Waals surface area (Å²) in [5.41, 5.74) is 1.26.